The molecule has 8 nitrogen and oxygen atoms in total. The predicted molar refractivity (Wildman–Crippen MR) is 94.9 cm³/mol. The topological polar surface area (TPSA) is 99.2 Å². The summed E-state index contributed by atoms with van der Waals surface area (Å²) in [6, 6.07) is 6.47. The highest BCUT2D eigenvalue weighted by atomic mass is 16.6. The molecule has 1 N–H and O–H groups in total. The second kappa shape index (κ2) is 5.55. The average Bonchev–Trinajstić information content (AvgIpc) is 3.00. The zero-order valence-electron chi connectivity index (χ0n) is 14.4. The molecule has 0 fully saturated rings. The van der Waals surface area contributed by atoms with Gasteiger partial charge in [0.2, 0.25) is 5.91 Å². The predicted octanol–water partition coefficient (Wildman–Crippen LogP) is 2.40. The van der Waals surface area contributed by atoms with Crippen LogP contribution < -0.4 is 15.6 Å². The molecule has 132 valence electrons. The number of carbonyl (C=O) groups excluding carboxylic acids is 1. The van der Waals surface area contributed by atoms with Crippen molar-refractivity contribution in [3.05, 3.63) is 52.5 Å². The standard InChI is InChI=1S/C18H16N4O4/c1-10(23)19-11-4-5-17(24)22(9-11)15-8-18(2,3)25-16-7-14-13(6-12(15)16)20-26-21-14/h4-9H,1-3H3,(H,19,23). The summed E-state index contributed by atoms with van der Waals surface area (Å²) >= 11 is 0. The smallest absolute Gasteiger partial charge is 0.255 e. The quantitative estimate of drug-likeness (QED) is 0.760. The third-order valence-electron chi connectivity index (χ3n) is 3.98. The molecule has 0 atom stereocenters. The highest BCUT2D eigenvalue weighted by Gasteiger charge is 2.29. The van der Waals surface area contributed by atoms with Crippen molar-refractivity contribution in [2.45, 2.75) is 26.4 Å². The van der Waals surface area contributed by atoms with Crippen LogP contribution in [-0.4, -0.2) is 26.4 Å². The van der Waals surface area contributed by atoms with Gasteiger partial charge >= 0.3 is 0 Å². The van der Waals surface area contributed by atoms with Gasteiger partial charge in [-0.2, -0.15) is 0 Å². The highest BCUT2D eigenvalue weighted by Crippen LogP contribution is 2.38. The van der Waals surface area contributed by atoms with Crippen LogP contribution in [0.2, 0.25) is 0 Å². The number of hydrogen-bond donors (Lipinski definition) is 1. The molecule has 1 amide bonds. The number of hydrogen-bond acceptors (Lipinski definition) is 6. The molecule has 0 radical (unpaired) electrons. The Morgan fingerprint density at radius 2 is 1.92 bits per heavy atom. The fourth-order valence-electron chi connectivity index (χ4n) is 2.97. The molecular formula is C18H16N4O4. The molecule has 0 saturated carbocycles. The fraction of sp³-hybridized carbons (Fsp3) is 0.222. The van der Waals surface area contributed by atoms with Gasteiger partial charge in [-0.1, -0.05) is 0 Å². The molecule has 3 heterocycles. The number of pyridine rings is 1. The minimum atomic E-state index is -0.642. The van der Waals surface area contributed by atoms with Gasteiger partial charge in [-0.3, -0.25) is 14.2 Å². The SMILES string of the molecule is CC(=O)Nc1ccc(=O)n(C2=CC(C)(C)Oc3cc4nonc4cc32)c1. The van der Waals surface area contributed by atoms with Gasteiger partial charge in [0.15, 0.2) is 0 Å². The minimum Gasteiger partial charge on any atom is -0.483 e. The summed E-state index contributed by atoms with van der Waals surface area (Å²) in [6.07, 6.45) is 3.44. The van der Waals surface area contributed by atoms with Crippen molar-refractivity contribution >= 4 is 28.3 Å². The van der Waals surface area contributed by atoms with Crippen molar-refractivity contribution in [3.8, 4) is 5.75 Å². The first-order chi connectivity index (χ1) is 12.3. The average molecular weight is 352 g/mol. The molecule has 3 aromatic rings. The van der Waals surface area contributed by atoms with Gasteiger partial charge in [0.05, 0.1) is 11.4 Å². The Kier molecular flexibility index (Phi) is 3.43. The van der Waals surface area contributed by atoms with Crippen molar-refractivity contribution in [3.63, 3.8) is 0 Å². The number of carbonyl (C=O) groups is 1. The monoisotopic (exact) mass is 352 g/mol. The lowest BCUT2D eigenvalue weighted by molar-refractivity contribution is -0.114. The van der Waals surface area contributed by atoms with Gasteiger partial charge in [0.1, 0.15) is 22.4 Å². The number of anilines is 1. The molecular weight excluding hydrogens is 336 g/mol. The van der Waals surface area contributed by atoms with E-state index in [1.54, 1.807) is 24.4 Å². The van der Waals surface area contributed by atoms with E-state index in [1.165, 1.54) is 17.6 Å². The van der Waals surface area contributed by atoms with E-state index >= 15 is 0 Å². The Hall–Kier alpha value is -3.42. The summed E-state index contributed by atoms with van der Waals surface area (Å²) in [5.74, 6) is 0.361. The highest BCUT2D eigenvalue weighted by molar-refractivity contribution is 5.89. The number of rotatable bonds is 2. The number of ether oxygens (including phenoxy) is 1. The van der Waals surface area contributed by atoms with Gasteiger partial charge in [-0.05, 0) is 42.4 Å². The maximum atomic E-state index is 12.5. The van der Waals surface area contributed by atoms with Crippen molar-refractivity contribution in [2.24, 2.45) is 0 Å². The number of benzene rings is 1. The van der Waals surface area contributed by atoms with Crippen LogP contribution in [0.1, 0.15) is 26.3 Å². The summed E-state index contributed by atoms with van der Waals surface area (Å²) in [5.41, 5.74) is 2.11. The van der Waals surface area contributed by atoms with Crippen LogP contribution in [0.5, 0.6) is 5.75 Å². The molecule has 1 aliphatic heterocycles. The summed E-state index contributed by atoms with van der Waals surface area (Å²) < 4.78 is 12.3. The number of amides is 1. The zero-order chi connectivity index (χ0) is 18.5. The molecule has 1 aliphatic rings. The van der Waals surface area contributed by atoms with Crippen LogP contribution in [0.3, 0.4) is 0 Å². The fourth-order valence-corrected chi connectivity index (χ4v) is 2.97. The summed E-state index contributed by atoms with van der Waals surface area (Å²) in [6.45, 7) is 5.20. The van der Waals surface area contributed by atoms with Gasteiger partial charge in [-0.15, -0.1) is 0 Å². The van der Waals surface area contributed by atoms with Crippen molar-refractivity contribution in [1.29, 1.82) is 0 Å². The molecule has 26 heavy (non-hydrogen) atoms. The maximum absolute atomic E-state index is 12.5. The van der Waals surface area contributed by atoms with E-state index in [2.05, 4.69) is 15.6 Å². The van der Waals surface area contributed by atoms with E-state index in [-0.39, 0.29) is 11.5 Å². The van der Waals surface area contributed by atoms with Crippen LogP contribution in [0.4, 0.5) is 5.69 Å². The van der Waals surface area contributed by atoms with Crippen LogP contribution in [0, 0.1) is 0 Å². The van der Waals surface area contributed by atoms with Crippen molar-refractivity contribution in [2.75, 3.05) is 5.32 Å². The van der Waals surface area contributed by atoms with Gasteiger partial charge in [0, 0.05) is 30.8 Å². The Morgan fingerprint density at radius 1 is 1.19 bits per heavy atom. The van der Waals surface area contributed by atoms with E-state index < -0.39 is 5.60 Å². The molecule has 0 saturated heterocycles. The molecule has 0 aliphatic carbocycles. The van der Waals surface area contributed by atoms with Crippen molar-refractivity contribution in [1.82, 2.24) is 14.9 Å². The molecule has 4 rings (SSSR count). The van der Waals surface area contributed by atoms with Crippen LogP contribution in [0.15, 0.2) is 46.0 Å². The first kappa shape index (κ1) is 16.1. The number of nitrogens with one attached hydrogen (secondary N) is 1. The minimum absolute atomic E-state index is 0.215. The van der Waals surface area contributed by atoms with Gasteiger partial charge < -0.3 is 10.1 Å². The second-order valence-electron chi connectivity index (χ2n) is 6.64. The lowest BCUT2D eigenvalue weighted by Gasteiger charge is -2.31. The largest absolute Gasteiger partial charge is 0.483 e. The van der Waals surface area contributed by atoms with Crippen LogP contribution >= 0.6 is 0 Å². The van der Waals surface area contributed by atoms with E-state index in [0.29, 0.717) is 33.7 Å². The van der Waals surface area contributed by atoms with Crippen molar-refractivity contribution < 1.29 is 14.2 Å². The third-order valence-corrected chi connectivity index (χ3v) is 3.98. The maximum Gasteiger partial charge on any atom is 0.255 e. The van der Waals surface area contributed by atoms with E-state index in [0.717, 1.165) is 0 Å². The third kappa shape index (κ3) is 2.75. The first-order valence-corrected chi connectivity index (χ1v) is 8.02. The molecule has 1 aromatic carbocycles. The van der Waals surface area contributed by atoms with Crippen LogP contribution in [0.25, 0.3) is 16.7 Å². The van der Waals surface area contributed by atoms with E-state index in [1.807, 2.05) is 19.9 Å². The summed E-state index contributed by atoms with van der Waals surface area (Å²) in [4.78, 5) is 23.9. The number of nitrogens with zero attached hydrogens (tertiary/aromatic N) is 3. The Labute approximate surface area is 148 Å². The lowest BCUT2D eigenvalue weighted by Crippen LogP contribution is -2.32. The zero-order valence-corrected chi connectivity index (χ0v) is 14.4. The van der Waals surface area contributed by atoms with Gasteiger partial charge in [-0.25, -0.2) is 4.63 Å². The van der Waals surface area contributed by atoms with E-state index in [9.17, 15) is 9.59 Å². The van der Waals surface area contributed by atoms with Crippen LogP contribution in [-0.2, 0) is 4.79 Å². The Bertz CT molecular complexity index is 1120. The normalized spacial score (nSPS) is 15.1. The molecule has 2 aromatic heterocycles. The molecule has 8 heteroatoms. The molecule has 0 bridgehead atoms. The first-order valence-electron chi connectivity index (χ1n) is 8.02. The lowest BCUT2D eigenvalue weighted by atomic mass is 9.98. The Balaban J connectivity index is 1.94. The van der Waals surface area contributed by atoms with Gasteiger partial charge in [0.25, 0.3) is 5.56 Å². The molecule has 0 unspecified atom stereocenters. The molecule has 0 spiro atoms. The summed E-state index contributed by atoms with van der Waals surface area (Å²) in [5, 5.41) is 10.4. The number of fused-ring (bicyclic) bond motifs is 2. The number of aromatic nitrogens is 3. The second-order valence-corrected chi connectivity index (χ2v) is 6.64. The summed E-state index contributed by atoms with van der Waals surface area (Å²) in [7, 11) is 0. The van der Waals surface area contributed by atoms with E-state index in [4.69, 9.17) is 9.37 Å². The Morgan fingerprint density at radius 3 is 2.65 bits per heavy atom.